The number of nitrogens with zero attached hydrogens (tertiary/aromatic N) is 3. The number of rotatable bonds is 3. The Kier molecular flexibility index (Phi) is 3.61. The number of nitrogens with one attached hydrogen (secondary N) is 1. The fraction of sp³-hybridized carbons (Fsp3) is 0.625. The third-order valence-corrected chi connectivity index (χ3v) is 5.43. The van der Waals surface area contributed by atoms with Crippen LogP contribution >= 0.6 is 11.3 Å². The predicted molar refractivity (Wildman–Crippen MR) is 63.6 cm³/mol. The molecule has 2 N–H and O–H groups in total. The molecule has 8 nitrogen and oxygen atoms in total. The fourth-order valence-corrected chi connectivity index (χ4v) is 4.13. The number of aromatic nitrogens is 2. The molecule has 100 valence electrons. The molecule has 1 saturated heterocycles. The van der Waals surface area contributed by atoms with Crippen LogP contribution in [0, 0.1) is 0 Å². The van der Waals surface area contributed by atoms with Gasteiger partial charge in [0.1, 0.15) is 0 Å². The topological polar surface area (TPSA) is 112 Å². The van der Waals surface area contributed by atoms with Crippen molar-refractivity contribution in [2.45, 2.75) is 23.8 Å². The summed E-state index contributed by atoms with van der Waals surface area (Å²) in [6.45, 7) is 1.63. The summed E-state index contributed by atoms with van der Waals surface area (Å²) in [7, 11) is -3.72. The SMILES string of the molecule is CC(=O)Nc1nnc(S(=O)(=O)N2CCC(O)C2)s1. The molecule has 1 amide bonds. The van der Waals surface area contributed by atoms with Crippen molar-refractivity contribution in [1.82, 2.24) is 14.5 Å². The van der Waals surface area contributed by atoms with E-state index >= 15 is 0 Å². The Morgan fingerprint density at radius 1 is 1.56 bits per heavy atom. The Morgan fingerprint density at radius 2 is 2.28 bits per heavy atom. The summed E-state index contributed by atoms with van der Waals surface area (Å²) >= 11 is 0.791. The highest BCUT2D eigenvalue weighted by Gasteiger charge is 2.34. The molecule has 0 saturated carbocycles. The van der Waals surface area contributed by atoms with E-state index in [0.29, 0.717) is 6.42 Å². The van der Waals surface area contributed by atoms with E-state index in [4.69, 9.17) is 0 Å². The highest BCUT2D eigenvalue weighted by Crippen LogP contribution is 2.25. The summed E-state index contributed by atoms with van der Waals surface area (Å²) in [5.74, 6) is -0.341. The van der Waals surface area contributed by atoms with Crippen molar-refractivity contribution < 1.29 is 18.3 Å². The fourth-order valence-electron chi connectivity index (χ4n) is 1.55. The van der Waals surface area contributed by atoms with E-state index in [1.54, 1.807) is 0 Å². The molecule has 2 rings (SSSR count). The van der Waals surface area contributed by atoms with Gasteiger partial charge < -0.3 is 10.4 Å². The lowest BCUT2D eigenvalue weighted by atomic mass is 10.3. The van der Waals surface area contributed by atoms with Crippen molar-refractivity contribution in [3.63, 3.8) is 0 Å². The number of anilines is 1. The zero-order valence-electron chi connectivity index (χ0n) is 9.53. The van der Waals surface area contributed by atoms with Crippen molar-refractivity contribution in [2.75, 3.05) is 18.4 Å². The Bertz CT molecular complexity index is 555. The second kappa shape index (κ2) is 4.88. The van der Waals surface area contributed by atoms with Gasteiger partial charge in [-0.3, -0.25) is 4.79 Å². The first kappa shape index (κ1) is 13.3. The zero-order valence-corrected chi connectivity index (χ0v) is 11.2. The van der Waals surface area contributed by atoms with E-state index in [9.17, 15) is 18.3 Å². The third-order valence-electron chi connectivity index (χ3n) is 2.38. The van der Waals surface area contributed by atoms with Crippen LogP contribution in [0.4, 0.5) is 5.13 Å². The number of carbonyl (C=O) groups excluding carboxylic acids is 1. The van der Waals surface area contributed by atoms with Gasteiger partial charge >= 0.3 is 0 Å². The summed E-state index contributed by atoms with van der Waals surface area (Å²) in [6, 6.07) is 0. The molecule has 18 heavy (non-hydrogen) atoms. The Balaban J connectivity index is 2.20. The van der Waals surface area contributed by atoms with Crippen LogP contribution < -0.4 is 5.32 Å². The van der Waals surface area contributed by atoms with Crippen molar-refractivity contribution in [2.24, 2.45) is 0 Å². The maximum Gasteiger partial charge on any atom is 0.272 e. The molecule has 1 unspecified atom stereocenters. The molecule has 2 heterocycles. The molecular weight excluding hydrogens is 280 g/mol. The first-order chi connectivity index (χ1) is 8.39. The van der Waals surface area contributed by atoms with Crippen molar-refractivity contribution >= 4 is 32.4 Å². The van der Waals surface area contributed by atoms with Crippen LogP contribution in [-0.4, -0.2) is 53.1 Å². The Morgan fingerprint density at radius 3 is 2.83 bits per heavy atom. The summed E-state index contributed by atoms with van der Waals surface area (Å²) < 4.78 is 25.2. The molecule has 1 atom stereocenters. The number of hydrogen-bond donors (Lipinski definition) is 2. The molecule has 0 bridgehead atoms. The largest absolute Gasteiger partial charge is 0.392 e. The van der Waals surface area contributed by atoms with Gasteiger partial charge in [0, 0.05) is 20.0 Å². The average Bonchev–Trinajstić information content (AvgIpc) is 2.86. The van der Waals surface area contributed by atoms with Gasteiger partial charge in [-0.15, -0.1) is 10.2 Å². The molecule has 10 heteroatoms. The molecule has 1 aliphatic heterocycles. The lowest BCUT2D eigenvalue weighted by Gasteiger charge is -2.12. The first-order valence-corrected chi connectivity index (χ1v) is 7.44. The normalized spacial score (nSPS) is 21.1. The van der Waals surface area contributed by atoms with E-state index in [2.05, 4.69) is 15.5 Å². The summed E-state index contributed by atoms with van der Waals surface area (Å²) in [5, 5.41) is 19.0. The molecule has 1 aromatic heterocycles. The first-order valence-electron chi connectivity index (χ1n) is 5.19. The summed E-state index contributed by atoms with van der Waals surface area (Å²) in [6.07, 6.45) is -0.223. The zero-order chi connectivity index (χ0) is 13.3. The van der Waals surface area contributed by atoms with Crippen LogP contribution in [-0.2, 0) is 14.8 Å². The Labute approximate surface area is 108 Å². The van der Waals surface area contributed by atoms with Crippen LogP contribution in [0.15, 0.2) is 4.34 Å². The van der Waals surface area contributed by atoms with Crippen molar-refractivity contribution in [3.8, 4) is 0 Å². The van der Waals surface area contributed by atoms with Gasteiger partial charge in [-0.1, -0.05) is 11.3 Å². The molecule has 0 aromatic carbocycles. The van der Waals surface area contributed by atoms with E-state index < -0.39 is 16.1 Å². The molecule has 0 aliphatic carbocycles. The minimum Gasteiger partial charge on any atom is -0.392 e. The number of aliphatic hydroxyl groups excluding tert-OH is 1. The van der Waals surface area contributed by atoms with Crippen LogP contribution in [0.25, 0.3) is 0 Å². The number of hydrogen-bond acceptors (Lipinski definition) is 7. The third kappa shape index (κ3) is 2.66. The van der Waals surface area contributed by atoms with Gasteiger partial charge in [-0.25, -0.2) is 8.42 Å². The van der Waals surface area contributed by atoms with Crippen LogP contribution in [0.1, 0.15) is 13.3 Å². The minimum atomic E-state index is -3.72. The monoisotopic (exact) mass is 292 g/mol. The molecule has 1 fully saturated rings. The quantitative estimate of drug-likeness (QED) is 0.709. The van der Waals surface area contributed by atoms with Crippen LogP contribution in [0.2, 0.25) is 0 Å². The number of aliphatic hydroxyl groups is 1. The summed E-state index contributed by atoms with van der Waals surface area (Å²) in [4.78, 5) is 10.8. The van der Waals surface area contributed by atoms with Gasteiger partial charge in [0.2, 0.25) is 15.4 Å². The van der Waals surface area contributed by atoms with Gasteiger partial charge in [-0.05, 0) is 6.42 Å². The lowest BCUT2D eigenvalue weighted by molar-refractivity contribution is -0.114. The second-order valence-corrected chi connectivity index (χ2v) is 6.95. The van der Waals surface area contributed by atoms with Crippen LogP contribution in [0.3, 0.4) is 0 Å². The van der Waals surface area contributed by atoms with Gasteiger partial charge in [0.25, 0.3) is 10.0 Å². The van der Waals surface area contributed by atoms with Gasteiger partial charge in [-0.2, -0.15) is 4.31 Å². The molecule has 1 aliphatic rings. The van der Waals surface area contributed by atoms with Crippen molar-refractivity contribution in [1.29, 1.82) is 0 Å². The van der Waals surface area contributed by atoms with E-state index in [-0.39, 0.29) is 28.5 Å². The molecule has 0 radical (unpaired) electrons. The van der Waals surface area contributed by atoms with E-state index in [1.807, 2.05) is 0 Å². The highest BCUT2D eigenvalue weighted by molar-refractivity contribution is 7.91. The standard InChI is InChI=1S/C8H12N4O4S2/c1-5(13)9-7-10-11-8(17-7)18(15,16)12-3-2-6(14)4-12/h6,14H,2-4H2,1H3,(H,9,10,13). The minimum absolute atomic E-state index is 0.0668. The molecule has 1 aromatic rings. The average molecular weight is 292 g/mol. The maximum absolute atomic E-state index is 12.1. The second-order valence-electron chi connectivity index (χ2n) is 3.86. The smallest absolute Gasteiger partial charge is 0.272 e. The maximum atomic E-state index is 12.1. The lowest BCUT2D eigenvalue weighted by Crippen LogP contribution is -2.29. The number of amides is 1. The van der Waals surface area contributed by atoms with Crippen molar-refractivity contribution in [3.05, 3.63) is 0 Å². The molecule has 0 spiro atoms. The number of β-amino-alcohol motifs (C(OH)–C–C–N with tert-alkyl or cyclic N) is 1. The van der Waals surface area contributed by atoms with E-state index in [1.165, 1.54) is 6.92 Å². The number of sulfonamides is 1. The van der Waals surface area contributed by atoms with Crippen LogP contribution in [0.5, 0.6) is 0 Å². The predicted octanol–water partition coefficient (Wildman–Crippen LogP) is -0.748. The van der Waals surface area contributed by atoms with Gasteiger partial charge in [0.05, 0.1) is 6.10 Å². The van der Waals surface area contributed by atoms with E-state index in [0.717, 1.165) is 15.6 Å². The highest BCUT2D eigenvalue weighted by atomic mass is 32.2. The Hall–Kier alpha value is -1.10. The summed E-state index contributed by atoms with van der Waals surface area (Å²) in [5.41, 5.74) is 0. The number of carbonyl (C=O) groups is 1. The molecular formula is C8H12N4O4S2. The van der Waals surface area contributed by atoms with Gasteiger partial charge in [0.15, 0.2) is 0 Å².